The predicted molar refractivity (Wildman–Crippen MR) is 103 cm³/mol. The van der Waals surface area contributed by atoms with Gasteiger partial charge in [-0.1, -0.05) is 43.3 Å². The van der Waals surface area contributed by atoms with Gasteiger partial charge in [0.05, 0.1) is 16.7 Å². The quantitative estimate of drug-likeness (QED) is 0.552. The van der Waals surface area contributed by atoms with E-state index in [0.29, 0.717) is 16.3 Å². The van der Waals surface area contributed by atoms with Crippen LogP contribution < -0.4 is 0 Å². The molecule has 2 rings (SSSR count). The van der Waals surface area contributed by atoms with Crippen molar-refractivity contribution in [1.29, 1.82) is 5.26 Å². The predicted octanol–water partition coefficient (Wildman–Crippen LogP) is 4.73. The smallest absolute Gasteiger partial charge is 0.336 e. The van der Waals surface area contributed by atoms with Gasteiger partial charge in [0.25, 0.3) is 0 Å². The third-order valence-electron chi connectivity index (χ3n) is 3.79. The van der Waals surface area contributed by atoms with Crippen LogP contribution >= 0.6 is 23.4 Å². The molecule has 0 aliphatic carbocycles. The number of halogens is 1. The lowest BCUT2D eigenvalue weighted by molar-refractivity contribution is -0.138. The van der Waals surface area contributed by atoms with Crippen LogP contribution in [0, 0.1) is 17.2 Å². The fourth-order valence-corrected chi connectivity index (χ4v) is 3.74. The van der Waals surface area contributed by atoms with E-state index in [9.17, 15) is 10.1 Å². The molecule has 0 radical (unpaired) electrons. The molecule has 1 unspecified atom stereocenters. The summed E-state index contributed by atoms with van der Waals surface area (Å²) in [4.78, 5) is 17.1. The van der Waals surface area contributed by atoms with Gasteiger partial charge in [0.15, 0.2) is 0 Å². The van der Waals surface area contributed by atoms with Crippen molar-refractivity contribution in [2.45, 2.75) is 19.8 Å². The van der Waals surface area contributed by atoms with Gasteiger partial charge in [-0.05, 0) is 30.4 Å². The molecular formula is C19H19ClN2O2S. The van der Waals surface area contributed by atoms with Crippen molar-refractivity contribution in [2.75, 3.05) is 12.4 Å². The molecule has 6 heteroatoms. The summed E-state index contributed by atoms with van der Waals surface area (Å²) in [7, 11) is 0. The third-order valence-corrected chi connectivity index (χ3v) is 4.97. The van der Waals surface area contributed by atoms with E-state index < -0.39 is 17.8 Å². The monoisotopic (exact) mass is 374 g/mol. The van der Waals surface area contributed by atoms with Gasteiger partial charge < -0.3 is 4.74 Å². The van der Waals surface area contributed by atoms with Crippen molar-refractivity contribution in [2.24, 2.45) is 10.9 Å². The molecule has 0 fully saturated rings. The van der Waals surface area contributed by atoms with Crippen LogP contribution in [0.25, 0.3) is 0 Å². The molecule has 1 aromatic carbocycles. The van der Waals surface area contributed by atoms with Crippen LogP contribution in [0.3, 0.4) is 0 Å². The van der Waals surface area contributed by atoms with Crippen LogP contribution in [-0.2, 0) is 9.53 Å². The molecule has 0 saturated heterocycles. The standard InChI is InChI=1S/C19H19ClN2O2S/c1-4-10-24-19(23)16-12(3)22-18(25-5-2)15(11-21)17(16)13-6-8-14(20)9-7-13/h4,6-9,15,17H,1,5,10H2,2-3H3/t15?,17-/m0/s1. The summed E-state index contributed by atoms with van der Waals surface area (Å²) in [5, 5.41) is 11.1. The van der Waals surface area contributed by atoms with E-state index >= 15 is 0 Å². The number of aliphatic imine (C=N–C) groups is 1. The van der Waals surface area contributed by atoms with Gasteiger partial charge in [0.1, 0.15) is 12.5 Å². The van der Waals surface area contributed by atoms with E-state index in [2.05, 4.69) is 17.6 Å². The fraction of sp³-hybridized carbons (Fsp3) is 0.316. The molecule has 2 atom stereocenters. The van der Waals surface area contributed by atoms with Crippen LogP contribution in [0.4, 0.5) is 0 Å². The zero-order valence-corrected chi connectivity index (χ0v) is 15.7. The summed E-state index contributed by atoms with van der Waals surface area (Å²) < 4.78 is 5.24. The number of esters is 1. The van der Waals surface area contributed by atoms with Gasteiger partial charge in [0, 0.05) is 16.6 Å². The van der Waals surface area contributed by atoms with Gasteiger partial charge in [-0.15, -0.1) is 11.8 Å². The number of carbonyl (C=O) groups excluding carboxylic acids is 1. The highest BCUT2D eigenvalue weighted by Crippen LogP contribution is 2.41. The van der Waals surface area contributed by atoms with Crippen LogP contribution in [0.1, 0.15) is 25.3 Å². The summed E-state index contributed by atoms with van der Waals surface area (Å²) in [6, 6.07) is 9.50. The number of nitrogens with zero attached hydrogens (tertiary/aromatic N) is 2. The molecule has 0 saturated carbocycles. The molecule has 0 spiro atoms. The first-order valence-corrected chi connectivity index (χ1v) is 9.25. The number of nitriles is 1. The minimum absolute atomic E-state index is 0.112. The van der Waals surface area contributed by atoms with E-state index in [4.69, 9.17) is 16.3 Å². The maximum absolute atomic E-state index is 12.6. The normalized spacial score (nSPS) is 19.8. The molecule has 25 heavy (non-hydrogen) atoms. The summed E-state index contributed by atoms with van der Waals surface area (Å²) in [5.41, 5.74) is 1.83. The van der Waals surface area contributed by atoms with Crippen molar-refractivity contribution in [1.82, 2.24) is 0 Å². The van der Waals surface area contributed by atoms with Crippen molar-refractivity contribution in [3.05, 3.63) is 58.8 Å². The minimum atomic E-state index is -0.541. The van der Waals surface area contributed by atoms with Gasteiger partial charge in [0.2, 0.25) is 0 Å². The molecular weight excluding hydrogens is 356 g/mol. The second kappa shape index (κ2) is 8.89. The summed E-state index contributed by atoms with van der Waals surface area (Å²) in [6.45, 7) is 7.45. The molecule has 0 aromatic heterocycles. The zero-order chi connectivity index (χ0) is 18.4. The first-order chi connectivity index (χ1) is 12.0. The maximum Gasteiger partial charge on any atom is 0.336 e. The first-order valence-electron chi connectivity index (χ1n) is 7.88. The Morgan fingerprint density at radius 3 is 2.72 bits per heavy atom. The summed E-state index contributed by atoms with van der Waals surface area (Å²) in [5.74, 6) is -0.650. The molecule has 4 nitrogen and oxygen atoms in total. The number of hydrogen-bond acceptors (Lipinski definition) is 5. The van der Waals surface area contributed by atoms with E-state index in [0.717, 1.165) is 16.4 Å². The summed E-state index contributed by atoms with van der Waals surface area (Å²) >= 11 is 7.51. The number of benzene rings is 1. The molecule has 1 aromatic rings. The average molecular weight is 375 g/mol. The Morgan fingerprint density at radius 2 is 2.16 bits per heavy atom. The van der Waals surface area contributed by atoms with Gasteiger partial charge in [-0.25, -0.2) is 9.79 Å². The number of carbonyl (C=O) groups is 1. The first kappa shape index (κ1) is 19.3. The van der Waals surface area contributed by atoms with Gasteiger partial charge in [-0.2, -0.15) is 5.26 Å². The van der Waals surface area contributed by atoms with E-state index in [1.165, 1.54) is 17.8 Å². The highest BCUT2D eigenvalue weighted by molar-refractivity contribution is 8.14. The third kappa shape index (κ3) is 4.33. The van der Waals surface area contributed by atoms with Crippen LogP contribution in [0.2, 0.25) is 5.02 Å². The Bertz CT molecular complexity index is 763. The second-order valence-corrected chi connectivity index (χ2v) is 7.13. The highest BCUT2D eigenvalue weighted by atomic mass is 35.5. The number of hydrogen-bond donors (Lipinski definition) is 0. The SMILES string of the molecule is C=CCOC(=O)C1=C(C)N=C(SCC)C(C#N)[C@@H]1c1ccc(Cl)cc1. The molecule has 1 aliphatic rings. The van der Waals surface area contributed by atoms with Crippen LogP contribution in [0.15, 0.2) is 53.2 Å². The molecule has 0 N–H and O–H groups in total. The Kier molecular flexibility index (Phi) is 6.86. The Hall–Kier alpha value is -2.03. The fourth-order valence-electron chi connectivity index (χ4n) is 2.75. The van der Waals surface area contributed by atoms with Crippen molar-refractivity contribution in [3.63, 3.8) is 0 Å². The molecule has 1 heterocycles. The lowest BCUT2D eigenvalue weighted by atomic mass is 9.79. The second-order valence-electron chi connectivity index (χ2n) is 5.41. The number of ether oxygens (including phenoxy) is 1. The molecule has 1 aliphatic heterocycles. The minimum Gasteiger partial charge on any atom is -0.458 e. The topological polar surface area (TPSA) is 62.4 Å². The number of allylic oxidation sites excluding steroid dienone is 1. The van der Waals surface area contributed by atoms with Crippen LogP contribution in [-0.4, -0.2) is 23.4 Å². The lowest BCUT2D eigenvalue weighted by Crippen LogP contribution is -2.29. The van der Waals surface area contributed by atoms with E-state index in [1.807, 2.05) is 19.1 Å². The van der Waals surface area contributed by atoms with Gasteiger partial charge >= 0.3 is 5.97 Å². The lowest BCUT2D eigenvalue weighted by Gasteiger charge is -2.29. The molecule has 130 valence electrons. The highest BCUT2D eigenvalue weighted by Gasteiger charge is 2.39. The average Bonchev–Trinajstić information content (AvgIpc) is 2.60. The Labute approximate surface area is 157 Å². The molecule has 0 amide bonds. The zero-order valence-electron chi connectivity index (χ0n) is 14.2. The number of thioether (sulfide) groups is 1. The van der Waals surface area contributed by atoms with Crippen LogP contribution in [0.5, 0.6) is 0 Å². The van der Waals surface area contributed by atoms with Crippen molar-refractivity contribution >= 4 is 34.4 Å². The van der Waals surface area contributed by atoms with Crippen molar-refractivity contribution < 1.29 is 9.53 Å². The van der Waals surface area contributed by atoms with E-state index in [1.54, 1.807) is 19.1 Å². The summed E-state index contributed by atoms with van der Waals surface area (Å²) in [6.07, 6.45) is 1.51. The van der Waals surface area contributed by atoms with E-state index in [-0.39, 0.29) is 6.61 Å². The maximum atomic E-state index is 12.6. The Balaban J connectivity index is 2.57. The molecule has 0 bridgehead atoms. The van der Waals surface area contributed by atoms with Crippen molar-refractivity contribution in [3.8, 4) is 6.07 Å². The largest absolute Gasteiger partial charge is 0.458 e. The Morgan fingerprint density at radius 1 is 1.48 bits per heavy atom. The number of rotatable bonds is 5. The van der Waals surface area contributed by atoms with Gasteiger partial charge in [-0.3, -0.25) is 0 Å².